The first-order valence-electron chi connectivity index (χ1n) is 5.12. The molecule has 90 valence electrons. The Bertz CT molecular complexity index is 64.4. The molecule has 0 unspecified atom stereocenters. The van der Waals surface area contributed by atoms with E-state index in [4.69, 9.17) is 14.9 Å². The van der Waals surface area contributed by atoms with Gasteiger partial charge in [-0.05, 0) is 12.8 Å². The number of rotatable bonds is 7. The van der Waals surface area contributed by atoms with Crippen LogP contribution in [0.2, 0.25) is 0 Å². The summed E-state index contributed by atoms with van der Waals surface area (Å²) >= 11 is 0. The molecule has 0 aliphatic heterocycles. The van der Waals surface area contributed by atoms with E-state index >= 15 is 0 Å². The predicted molar refractivity (Wildman–Crippen MR) is 64.7 cm³/mol. The molecule has 0 spiro atoms. The molecule has 0 saturated heterocycles. The topological polar surface area (TPSA) is 49.7 Å². The zero-order valence-corrected chi connectivity index (χ0v) is 13.7. The Morgan fingerprint density at radius 1 is 0.857 bits per heavy atom. The van der Waals surface area contributed by atoms with Gasteiger partial charge in [-0.3, -0.25) is 0 Å². The van der Waals surface area contributed by atoms with Crippen LogP contribution in [-0.4, -0.2) is 61.1 Å². The average molecular weight is 317 g/mol. The molecule has 0 heterocycles. The van der Waals surface area contributed by atoms with E-state index in [1.54, 1.807) is 0 Å². The Labute approximate surface area is 105 Å². The molecular weight excluding hydrogens is 290 g/mol. The van der Waals surface area contributed by atoms with Crippen LogP contribution in [0.3, 0.4) is 0 Å². The second kappa shape index (κ2) is 23.5. The third-order valence-electron chi connectivity index (χ3n) is 1.39. The van der Waals surface area contributed by atoms with E-state index < -0.39 is 0 Å². The molecule has 0 saturated carbocycles. The minimum atomic E-state index is 0. The first-order chi connectivity index (χ1) is 6.33. The van der Waals surface area contributed by atoms with Crippen molar-refractivity contribution in [1.29, 1.82) is 0 Å². The van der Waals surface area contributed by atoms with Gasteiger partial charge in [-0.15, -0.1) is 0 Å². The maximum atomic E-state index is 8.24. The fraction of sp³-hybridized carbons (Fsp3) is 1.00. The van der Waals surface area contributed by atoms with Crippen LogP contribution in [0.5, 0.6) is 0 Å². The molecule has 0 rings (SSSR count). The van der Waals surface area contributed by atoms with Crippen molar-refractivity contribution in [1.82, 2.24) is 0 Å². The minimum absolute atomic E-state index is 0. The zero-order chi connectivity index (χ0) is 10.4. The molecule has 0 aromatic carbocycles. The van der Waals surface area contributed by atoms with E-state index in [1.807, 2.05) is 0 Å². The van der Waals surface area contributed by atoms with Crippen molar-refractivity contribution in [3.63, 3.8) is 0 Å². The van der Waals surface area contributed by atoms with Gasteiger partial charge in [-0.25, -0.2) is 0 Å². The second-order valence-electron chi connectivity index (χ2n) is 2.77. The van der Waals surface area contributed by atoms with E-state index in [1.165, 1.54) is 0 Å². The van der Waals surface area contributed by atoms with Crippen molar-refractivity contribution in [3.05, 3.63) is 0 Å². The summed E-state index contributed by atoms with van der Waals surface area (Å²) in [6, 6.07) is 0. The first-order valence-corrected chi connectivity index (χ1v) is 5.12. The van der Waals surface area contributed by atoms with E-state index in [2.05, 4.69) is 13.8 Å². The normalized spacial score (nSPS) is 8.57. The number of ether oxygens (including phenoxy) is 1. The fourth-order valence-electron chi connectivity index (χ4n) is 0.571. The molecule has 0 amide bonds. The van der Waals surface area contributed by atoms with E-state index in [0.717, 1.165) is 32.3 Å². The van der Waals surface area contributed by atoms with Crippen LogP contribution in [0, 0.1) is 0 Å². The Morgan fingerprint density at radius 3 is 1.71 bits per heavy atom. The van der Waals surface area contributed by atoms with Crippen LogP contribution in [0.4, 0.5) is 0 Å². The predicted octanol–water partition coefficient (Wildman–Crippen LogP) is 0.390. The van der Waals surface area contributed by atoms with Gasteiger partial charge in [-0.2, -0.15) is 0 Å². The third-order valence-corrected chi connectivity index (χ3v) is 1.39. The van der Waals surface area contributed by atoms with Gasteiger partial charge in [-0.1, -0.05) is 26.7 Å². The summed E-state index contributed by atoms with van der Waals surface area (Å²) in [7, 11) is 0. The van der Waals surface area contributed by atoms with Gasteiger partial charge in [0.25, 0.3) is 0 Å². The van der Waals surface area contributed by atoms with Gasteiger partial charge >= 0.3 is 24.4 Å². The summed E-state index contributed by atoms with van der Waals surface area (Å²) < 4.78 is 4.97. The zero-order valence-electron chi connectivity index (χ0n) is 9.67. The van der Waals surface area contributed by atoms with Crippen LogP contribution in [-0.2, 0) is 4.74 Å². The molecule has 0 fully saturated rings. The summed E-state index contributed by atoms with van der Waals surface area (Å²) in [6.45, 7) is 5.93. The molecule has 14 heavy (non-hydrogen) atoms. The van der Waals surface area contributed by atoms with Gasteiger partial charge in [0.05, 0.1) is 13.2 Å². The quantitative estimate of drug-likeness (QED) is 0.528. The molecule has 2 N–H and O–H groups in total. The third kappa shape index (κ3) is 29.3. The van der Waals surface area contributed by atoms with Crippen molar-refractivity contribution in [2.24, 2.45) is 0 Å². The molecule has 0 aromatic heterocycles. The van der Waals surface area contributed by atoms with Crippen molar-refractivity contribution in [2.75, 3.05) is 26.4 Å². The number of unbranched alkanes of at least 4 members (excludes halogenated alkanes) is 2. The molecule has 0 aromatic rings. The first kappa shape index (κ1) is 20.2. The number of hydrogen-bond donors (Lipinski definition) is 2. The SMILES string of the molecule is CCCCO.CCCCOCCO.[SbH3]. The Kier molecular flexibility index (Phi) is 33.8. The van der Waals surface area contributed by atoms with Crippen molar-refractivity contribution in [2.45, 2.75) is 39.5 Å². The van der Waals surface area contributed by atoms with Crippen molar-refractivity contribution < 1.29 is 14.9 Å². The van der Waals surface area contributed by atoms with Gasteiger partial charge in [0.2, 0.25) is 0 Å². The van der Waals surface area contributed by atoms with Gasteiger partial charge in [0.15, 0.2) is 0 Å². The molecule has 0 radical (unpaired) electrons. The monoisotopic (exact) mass is 316 g/mol. The molecule has 0 bridgehead atoms. The summed E-state index contributed by atoms with van der Waals surface area (Å²) in [5.41, 5.74) is 0. The number of hydrogen-bond acceptors (Lipinski definition) is 3. The van der Waals surface area contributed by atoms with Crippen LogP contribution in [0.25, 0.3) is 0 Å². The number of aliphatic hydroxyl groups is 2. The average Bonchev–Trinajstić information content (AvgIpc) is 2.15. The van der Waals surface area contributed by atoms with Crippen molar-refractivity contribution >= 4 is 24.4 Å². The molecule has 0 aliphatic carbocycles. The fourth-order valence-corrected chi connectivity index (χ4v) is 0.571. The standard InChI is InChI=1S/C6H14O2.C4H10O.Sb.3H/c1-2-3-5-8-6-4-7;1-2-3-4-5;;;;/h7H,2-6H2,1H3;5H,2-4H2,1H3;;;;. The molecule has 0 aliphatic rings. The van der Waals surface area contributed by atoms with Crippen LogP contribution in [0.1, 0.15) is 39.5 Å². The summed E-state index contributed by atoms with van der Waals surface area (Å²) in [6.07, 6.45) is 4.29. The van der Waals surface area contributed by atoms with Gasteiger partial charge in [0, 0.05) is 13.2 Å². The summed E-state index contributed by atoms with van der Waals surface area (Å²) in [4.78, 5) is 0. The molecule has 0 atom stereocenters. The van der Waals surface area contributed by atoms with E-state index in [0.29, 0.717) is 13.2 Å². The number of aliphatic hydroxyl groups excluding tert-OH is 2. The van der Waals surface area contributed by atoms with Crippen LogP contribution >= 0.6 is 0 Å². The van der Waals surface area contributed by atoms with Gasteiger partial charge in [0.1, 0.15) is 0 Å². The summed E-state index contributed by atoms with van der Waals surface area (Å²) in [5.74, 6) is 0. The Balaban J connectivity index is -0.000000177. The molecule has 4 heteroatoms. The summed E-state index contributed by atoms with van der Waals surface area (Å²) in [5, 5.41) is 16.3. The Morgan fingerprint density at radius 2 is 1.43 bits per heavy atom. The van der Waals surface area contributed by atoms with Crippen molar-refractivity contribution in [3.8, 4) is 0 Å². The molecular formula is C10H27O3Sb. The van der Waals surface area contributed by atoms with E-state index in [-0.39, 0.29) is 31.0 Å². The van der Waals surface area contributed by atoms with Gasteiger partial charge < -0.3 is 14.9 Å². The maximum absolute atomic E-state index is 8.24. The second-order valence-corrected chi connectivity index (χ2v) is 2.77. The van der Waals surface area contributed by atoms with E-state index in [9.17, 15) is 0 Å². The molecule has 3 nitrogen and oxygen atoms in total. The Hall–Kier alpha value is 0.698. The van der Waals surface area contributed by atoms with Crippen LogP contribution < -0.4 is 0 Å². The van der Waals surface area contributed by atoms with Crippen LogP contribution in [0.15, 0.2) is 0 Å².